The molecule has 0 aromatic heterocycles. The van der Waals surface area contributed by atoms with Crippen molar-refractivity contribution in [2.45, 2.75) is 0 Å². The van der Waals surface area contributed by atoms with Crippen LogP contribution in [0.3, 0.4) is 0 Å². The van der Waals surface area contributed by atoms with Gasteiger partial charge in [0, 0.05) is 53.6 Å². The van der Waals surface area contributed by atoms with E-state index in [1.165, 1.54) is 6.08 Å². The summed E-state index contributed by atoms with van der Waals surface area (Å²) in [5.41, 5.74) is 1.94. The van der Waals surface area contributed by atoms with Crippen molar-refractivity contribution in [3.05, 3.63) is 69.7 Å². The number of carbonyl (C=O) groups is 2. The third-order valence-corrected chi connectivity index (χ3v) is 5.13. The molecule has 0 saturated carbocycles. The number of likely N-dealkylation sites (N-methyl/N-ethyl adjacent to an activating group) is 1. The number of hydrogen-bond acceptors (Lipinski definition) is 3. The molecule has 1 fully saturated rings. The summed E-state index contributed by atoms with van der Waals surface area (Å²) in [7, 11) is 2.05. The summed E-state index contributed by atoms with van der Waals surface area (Å²) in [4.78, 5) is 28.7. The standard InChI is InChI=1S/C21H21Cl2N3O2/c1-25-10-12-26(13-11-25)21(28)16-3-7-18(8-4-16)24-20(27)9-5-15-2-6-17(22)14-19(15)23/h2-9,14H,10-13H2,1H3,(H,24,27)/b9-5+. The minimum Gasteiger partial charge on any atom is -0.336 e. The first-order valence-corrected chi connectivity index (χ1v) is 9.70. The molecule has 5 nitrogen and oxygen atoms in total. The Kier molecular flexibility index (Phi) is 6.73. The van der Waals surface area contributed by atoms with Crippen molar-refractivity contribution in [2.75, 3.05) is 38.5 Å². The third-order valence-electron chi connectivity index (χ3n) is 4.57. The lowest BCUT2D eigenvalue weighted by Crippen LogP contribution is -2.47. The Hall–Kier alpha value is -2.34. The predicted octanol–water partition coefficient (Wildman–Crippen LogP) is 4.03. The minimum absolute atomic E-state index is 0.0169. The molecule has 1 aliphatic heterocycles. The average molecular weight is 418 g/mol. The molecule has 146 valence electrons. The Morgan fingerprint density at radius 3 is 2.32 bits per heavy atom. The van der Waals surface area contributed by atoms with Crippen LogP contribution < -0.4 is 5.32 Å². The van der Waals surface area contributed by atoms with Crippen molar-refractivity contribution in [1.29, 1.82) is 0 Å². The number of nitrogens with one attached hydrogen (secondary N) is 1. The van der Waals surface area contributed by atoms with Gasteiger partial charge >= 0.3 is 0 Å². The highest BCUT2D eigenvalue weighted by atomic mass is 35.5. The van der Waals surface area contributed by atoms with E-state index in [2.05, 4.69) is 17.3 Å². The van der Waals surface area contributed by atoms with Crippen molar-refractivity contribution in [3.63, 3.8) is 0 Å². The lowest BCUT2D eigenvalue weighted by molar-refractivity contribution is -0.111. The van der Waals surface area contributed by atoms with Gasteiger partial charge in [-0.05, 0) is 55.1 Å². The molecule has 1 aliphatic rings. The highest BCUT2D eigenvalue weighted by Gasteiger charge is 2.20. The molecule has 1 heterocycles. The van der Waals surface area contributed by atoms with Crippen LogP contribution in [-0.2, 0) is 4.79 Å². The summed E-state index contributed by atoms with van der Waals surface area (Å²) in [6, 6.07) is 12.0. The topological polar surface area (TPSA) is 52.6 Å². The maximum Gasteiger partial charge on any atom is 0.253 e. The fourth-order valence-corrected chi connectivity index (χ4v) is 3.35. The molecule has 0 spiro atoms. The van der Waals surface area contributed by atoms with E-state index in [4.69, 9.17) is 23.2 Å². The maximum atomic E-state index is 12.5. The molecular weight excluding hydrogens is 397 g/mol. The zero-order valence-electron chi connectivity index (χ0n) is 15.5. The van der Waals surface area contributed by atoms with Crippen LogP contribution >= 0.6 is 23.2 Å². The summed E-state index contributed by atoms with van der Waals surface area (Å²) in [5.74, 6) is -0.271. The first-order valence-electron chi connectivity index (χ1n) is 8.94. The number of hydrogen-bond donors (Lipinski definition) is 1. The van der Waals surface area contributed by atoms with E-state index in [1.807, 2.05) is 4.90 Å². The molecule has 0 aliphatic carbocycles. The average Bonchev–Trinajstić information content (AvgIpc) is 2.68. The van der Waals surface area contributed by atoms with E-state index in [0.717, 1.165) is 26.2 Å². The lowest BCUT2D eigenvalue weighted by Gasteiger charge is -2.32. The number of anilines is 1. The number of nitrogens with zero attached hydrogens (tertiary/aromatic N) is 2. The van der Waals surface area contributed by atoms with Crippen molar-refractivity contribution >= 4 is 46.8 Å². The van der Waals surface area contributed by atoms with Gasteiger partial charge < -0.3 is 15.1 Å². The van der Waals surface area contributed by atoms with E-state index < -0.39 is 0 Å². The largest absolute Gasteiger partial charge is 0.336 e. The fraction of sp³-hybridized carbons (Fsp3) is 0.238. The van der Waals surface area contributed by atoms with Gasteiger partial charge in [-0.25, -0.2) is 0 Å². The van der Waals surface area contributed by atoms with E-state index in [0.29, 0.717) is 26.9 Å². The number of benzene rings is 2. The summed E-state index contributed by atoms with van der Waals surface area (Å²) in [5, 5.41) is 3.78. The maximum absolute atomic E-state index is 12.5. The van der Waals surface area contributed by atoms with Gasteiger partial charge in [-0.1, -0.05) is 29.3 Å². The zero-order valence-corrected chi connectivity index (χ0v) is 17.0. The number of halogens is 2. The first kappa shape index (κ1) is 20.4. The van der Waals surface area contributed by atoms with E-state index >= 15 is 0 Å². The van der Waals surface area contributed by atoms with E-state index in [9.17, 15) is 9.59 Å². The SMILES string of the molecule is CN1CCN(C(=O)c2ccc(NC(=O)/C=C/c3ccc(Cl)cc3Cl)cc2)CC1. The Bertz CT molecular complexity index is 889. The normalized spacial score (nSPS) is 15.0. The highest BCUT2D eigenvalue weighted by Crippen LogP contribution is 2.22. The smallest absolute Gasteiger partial charge is 0.253 e. The van der Waals surface area contributed by atoms with Crippen LogP contribution in [0.1, 0.15) is 15.9 Å². The van der Waals surface area contributed by atoms with Crippen LogP contribution in [0.15, 0.2) is 48.5 Å². The Balaban J connectivity index is 1.58. The second-order valence-electron chi connectivity index (χ2n) is 6.66. The number of carbonyl (C=O) groups excluding carboxylic acids is 2. The monoisotopic (exact) mass is 417 g/mol. The molecule has 7 heteroatoms. The van der Waals surface area contributed by atoms with Crippen LogP contribution in [0.2, 0.25) is 10.0 Å². The highest BCUT2D eigenvalue weighted by molar-refractivity contribution is 6.35. The molecule has 0 radical (unpaired) electrons. The van der Waals surface area contributed by atoms with Crippen molar-refractivity contribution in [1.82, 2.24) is 9.80 Å². The van der Waals surface area contributed by atoms with Crippen LogP contribution in [0.5, 0.6) is 0 Å². The molecule has 2 amide bonds. The molecule has 2 aromatic carbocycles. The summed E-state index contributed by atoms with van der Waals surface area (Å²) in [6.45, 7) is 3.21. The van der Waals surface area contributed by atoms with Crippen LogP contribution in [0.25, 0.3) is 6.08 Å². The molecule has 1 saturated heterocycles. The van der Waals surface area contributed by atoms with Gasteiger partial charge in [-0.2, -0.15) is 0 Å². The fourth-order valence-electron chi connectivity index (χ4n) is 2.87. The lowest BCUT2D eigenvalue weighted by atomic mass is 10.1. The number of rotatable bonds is 4. The minimum atomic E-state index is -0.288. The Morgan fingerprint density at radius 2 is 1.68 bits per heavy atom. The summed E-state index contributed by atoms with van der Waals surface area (Å²) >= 11 is 11.9. The molecule has 2 aromatic rings. The molecule has 0 unspecified atom stereocenters. The van der Waals surface area contributed by atoms with Gasteiger partial charge in [0.2, 0.25) is 5.91 Å². The second kappa shape index (κ2) is 9.24. The first-order chi connectivity index (χ1) is 13.4. The second-order valence-corrected chi connectivity index (χ2v) is 7.50. The molecule has 0 bridgehead atoms. The van der Waals surface area contributed by atoms with E-state index in [-0.39, 0.29) is 11.8 Å². The van der Waals surface area contributed by atoms with Crippen LogP contribution in [0, 0.1) is 0 Å². The van der Waals surface area contributed by atoms with Crippen LogP contribution in [-0.4, -0.2) is 54.8 Å². The number of piperazine rings is 1. The molecule has 3 rings (SSSR count). The molecular formula is C21H21Cl2N3O2. The zero-order chi connectivity index (χ0) is 20.1. The van der Waals surface area contributed by atoms with Crippen molar-refractivity contribution in [2.24, 2.45) is 0 Å². The summed E-state index contributed by atoms with van der Waals surface area (Å²) in [6.07, 6.45) is 3.03. The quantitative estimate of drug-likeness (QED) is 0.763. The summed E-state index contributed by atoms with van der Waals surface area (Å²) < 4.78 is 0. The molecule has 28 heavy (non-hydrogen) atoms. The van der Waals surface area contributed by atoms with Gasteiger partial charge in [-0.3, -0.25) is 9.59 Å². The Labute approximate surface area is 174 Å². The van der Waals surface area contributed by atoms with Gasteiger partial charge in [0.1, 0.15) is 0 Å². The third kappa shape index (κ3) is 5.35. The van der Waals surface area contributed by atoms with E-state index in [1.54, 1.807) is 48.5 Å². The van der Waals surface area contributed by atoms with Crippen molar-refractivity contribution < 1.29 is 9.59 Å². The van der Waals surface area contributed by atoms with Crippen LogP contribution in [0.4, 0.5) is 5.69 Å². The van der Waals surface area contributed by atoms with Gasteiger partial charge in [0.25, 0.3) is 5.91 Å². The van der Waals surface area contributed by atoms with Gasteiger partial charge in [0.15, 0.2) is 0 Å². The van der Waals surface area contributed by atoms with Gasteiger partial charge in [-0.15, -0.1) is 0 Å². The predicted molar refractivity (Wildman–Crippen MR) is 114 cm³/mol. The molecule has 1 N–H and O–H groups in total. The number of amides is 2. The van der Waals surface area contributed by atoms with Crippen molar-refractivity contribution in [3.8, 4) is 0 Å². The Morgan fingerprint density at radius 1 is 1.00 bits per heavy atom. The molecule has 0 atom stereocenters. The van der Waals surface area contributed by atoms with Gasteiger partial charge in [0.05, 0.1) is 0 Å².